The maximum Gasteiger partial charge on any atom is 0.259 e. The van der Waals surface area contributed by atoms with Crippen LogP contribution in [0.1, 0.15) is 13.8 Å². The van der Waals surface area contributed by atoms with E-state index in [-0.39, 0.29) is 16.9 Å². The van der Waals surface area contributed by atoms with Crippen LogP contribution in [-0.4, -0.2) is 23.2 Å². The zero-order valence-corrected chi connectivity index (χ0v) is 11.0. The van der Waals surface area contributed by atoms with Gasteiger partial charge in [-0.15, -0.1) is 0 Å². The summed E-state index contributed by atoms with van der Waals surface area (Å²) in [7, 11) is 1.52. The van der Waals surface area contributed by atoms with E-state index in [0.29, 0.717) is 22.4 Å². The van der Waals surface area contributed by atoms with Gasteiger partial charge >= 0.3 is 0 Å². The van der Waals surface area contributed by atoms with Crippen LogP contribution in [0.25, 0.3) is 10.9 Å². The number of benzene rings is 1. The molecule has 1 heterocycles. The number of methoxy groups -OCH3 is 1. The van der Waals surface area contributed by atoms with Crippen molar-refractivity contribution >= 4 is 22.5 Å². The molecule has 2 aromatic rings. The Morgan fingerprint density at radius 2 is 2.06 bits per heavy atom. The summed E-state index contributed by atoms with van der Waals surface area (Å²) in [5.41, 5.74) is 0.166. The first-order valence-corrected chi connectivity index (χ1v) is 5.83. The number of H-pyrrole nitrogens is 1. The third-order valence-electron chi connectivity index (χ3n) is 2.32. The molecule has 0 unspecified atom stereocenters. The van der Waals surface area contributed by atoms with Gasteiger partial charge in [0.2, 0.25) is 5.28 Å². The van der Waals surface area contributed by atoms with Crippen LogP contribution < -0.4 is 15.0 Å². The Bertz CT molecular complexity index is 637. The third kappa shape index (κ3) is 2.41. The zero-order valence-electron chi connectivity index (χ0n) is 10.3. The summed E-state index contributed by atoms with van der Waals surface area (Å²) in [5.74, 6) is 1.03. The van der Waals surface area contributed by atoms with Crippen LogP contribution in [0.4, 0.5) is 0 Å². The Kier molecular flexibility index (Phi) is 3.43. The number of rotatable bonds is 3. The van der Waals surface area contributed by atoms with Gasteiger partial charge < -0.3 is 9.47 Å². The largest absolute Gasteiger partial charge is 0.493 e. The standard InChI is InChI=1S/C12H13ClN2O3/c1-6(2)18-10-5-8-7(4-9(10)17-3)11(16)15-12(13)14-8/h4-6H,1-3H3,(H,14,15,16). The van der Waals surface area contributed by atoms with Crippen LogP contribution in [0, 0.1) is 0 Å². The number of fused-ring (bicyclic) bond motifs is 1. The number of ether oxygens (including phenoxy) is 2. The van der Waals surface area contributed by atoms with E-state index in [0.717, 1.165) is 0 Å². The second-order valence-electron chi connectivity index (χ2n) is 4.04. The summed E-state index contributed by atoms with van der Waals surface area (Å²) in [6, 6.07) is 3.24. The Balaban J connectivity index is 2.69. The maximum atomic E-state index is 11.7. The molecule has 0 aliphatic carbocycles. The molecule has 0 aliphatic rings. The van der Waals surface area contributed by atoms with E-state index in [9.17, 15) is 4.79 Å². The molecule has 5 nitrogen and oxygen atoms in total. The van der Waals surface area contributed by atoms with Crippen LogP contribution in [0.5, 0.6) is 11.5 Å². The lowest BCUT2D eigenvalue weighted by Gasteiger charge is -2.13. The first kappa shape index (κ1) is 12.7. The highest BCUT2D eigenvalue weighted by Gasteiger charge is 2.12. The molecular formula is C12H13ClN2O3. The van der Waals surface area contributed by atoms with Gasteiger partial charge in [0.05, 0.1) is 24.1 Å². The number of aromatic nitrogens is 2. The van der Waals surface area contributed by atoms with Gasteiger partial charge in [-0.1, -0.05) is 0 Å². The first-order chi connectivity index (χ1) is 8.51. The van der Waals surface area contributed by atoms with Crippen LogP contribution in [0.15, 0.2) is 16.9 Å². The monoisotopic (exact) mass is 268 g/mol. The zero-order chi connectivity index (χ0) is 13.3. The van der Waals surface area contributed by atoms with Gasteiger partial charge in [0.1, 0.15) is 0 Å². The van der Waals surface area contributed by atoms with Crippen molar-refractivity contribution in [3.05, 3.63) is 27.8 Å². The fourth-order valence-electron chi connectivity index (χ4n) is 1.62. The van der Waals surface area contributed by atoms with Crippen LogP contribution in [-0.2, 0) is 0 Å². The second kappa shape index (κ2) is 4.86. The van der Waals surface area contributed by atoms with Gasteiger partial charge in [0.15, 0.2) is 11.5 Å². The molecule has 0 fully saturated rings. The average molecular weight is 269 g/mol. The highest BCUT2D eigenvalue weighted by Crippen LogP contribution is 2.31. The van der Waals surface area contributed by atoms with E-state index in [1.807, 2.05) is 13.8 Å². The lowest BCUT2D eigenvalue weighted by molar-refractivity contribution is 0.230. The van der Waals surface area contributed by atoms with Gasteiger partial charge in [-0.05, 0) is 31.5 Å². The molecule has 96 valence electrons. The summed E-state index contributed by atoms with van der Waals surface area (Å²) >= 11 is 5.72. The molecule has 0 saturated heterocycles. The Morgan fingerprint density at radius 3 is 2.67 bits per heavy atom. The van der Waals surface area contributed by atoms with Gasteiger partial charge in [-0.25, -0.2) is 4.98 Å². The molecule has 1 aromatic carbocycles. The molecule has 0 atom stereocenters. The van der Waals surface area contributed by atoms with Crippen molar-refractivity contribution in [1.82, 2.24) is 9.97 Å². The molecule has 1 aromatic heterocycles. The third-order valence-corrected chi connectivity index (χ3v) is 2.50. The molecule has 1 N–H and O–H groups in total. The van der Waals surface area contributed by atoms with Crippen molar-refractivity contribution in [2.24, 2.45) is 0 Å². The van der Waals surface area contributed by atoms with Crippen LogP contribution >= 0.6 is 11.6 Å². The molecule has 0 saturated carbocycles. The number of halogens is 1. The van der Waals surface area contributed by atoms with Crippen molar-refractivity contribution in [2.75, 3.05) is 7.11 Å². The predicted octanol–water partition coefficient (Wildman–Crippen LogP) is 2.37. The van der Waals surface area contributed by atoms with Gasteiger partial charge in [0, 0.05) is 6.07 Å². The molecule has 2 rings (SSSR count). The molecule has 0 radical (unpaired) electrons. The highest BCUT2D eigenvalue weighted by molar-refractivity contribution is 6.28. The molecule has 0 amide bonds. The summed E-state index contributed by atoms with van der Waals surface area (Å²) in [6.45, 7) is 3.81. The van der Waals surface area contributed by atoms with E-state index in [1.54, 1.807) is 12.1 Å². The quantitative estimate of drug-likeness (QED) is 0.868. The van der Waals surface area contributed by atoms with Crippen LogP contribution in [0.2, 0.25) is 5.28 Å². The summed E-state index contributed by atoms with van der Waals surface area (Å²) < 4.78 is 10.8. The van der Waals surface area contributed by atoms with Gasteiger partial charge in [0.25, 0.3) is 5.56 Å². The summed E-state index contributed by atoms with van der Waals surface area (Å²) in [4.78, 5) is 18.2. The Labute approximate surface area is 109 Å². The topological polar surface area (TPSA) is 64.2 Å². The maximum absolute atomic E-state index is 11.7. The van der Waals surface area contributed by atoms with E-state index in [4.69, 9.17) is 21.1 Å². The van der Waals surface area contributed by atoms with Gasteiger partial charge in [-0.2, -0.15) is 0 Å². The second-order valence-corrected chi connectivity index (χ2v) is 4.40. The highest BCUT2D eigenvalue weighted by atomic mass is 35.5. The van der Waals surface area contributed by atoms with E-state index >= 15 is 0 Å². The minimum absolute atomic E-state index is 0.00572. The Morgan fingerprint density at radius 1 is 1.33 bits per heavy atom. The molecule has 6 heteroatoms. The average Bonchev–Trinajstić information content (AvgIpc) is 2.27. The van der Waals surface area contributed by atoms with Crippen molar-refractivity contribution in [2.45, 2.75) is 20.0 Å². The number of hydrogen-bond donors (Lipinski definition) is 1. The summed E-state index contributed by atoms with van der Waals surface area (Å²) in [5, 5.41) is 0.459. The molecule has 18 heavy (non-hydrogen) atoms. The molecule has 0 bridgehead atoms. The minimum atomic E-state index is -0.306. The van der Waals surface area contributed by atoms with E-state index < -0.39 is 0 Å². The molecule has 0 aliphatic heterocycles. The smallest absolute Gasteiger partial charge is 0.259 e. The molecular weight excluding hydrogens is 256 g/mol. The number of nitrogens with zero attached hydrogens (tertiary/aromatic N) is 1. The van der Waals surface area contributed by atoms with Crippen LogP contribution in [0.3, 0.4) is 0 Å². The molecule has 0 spiro atoms. The van der Waals surface area contributed by atoms with E-state index in [1.165, 1.54) is 7.11 Å². The number of hydrogen-bond acceptors (Lipinski definition) is 4. The first-order valence-electron chi connectivity index (χ1n) is 5.45. The van der Waals surface area contributed by atoms with Crippen molar-refractivity contribution in [3.63, 3.8) is 0 Å². The van der Waals surface area contributed by atoms with Crippen molar-refractivity contribution < 1.29 is 9.47 Å². The Hall–Kier alpha value is -1.75. The SMILES string of the molecule is COc1cc2c(=O)[nH]c(Cl)nc2cc1OC(C)C. The lowest BCUT2D eigenvalue weighted by atomic mass is 10.2. The van der Waals surface area contributed by atoms with E-state index in [2.05, 4.69) is 9.97 Å². The number of aromatic amines is 1. The fraction of sp³-hybridized carbons (Fsp3) is 0.333. The van der Waals surface area contributed by atoms with Gasteiger partial charge in [-0.3, -0.25) is 9.78 Å². The van der Waals surface area contributed by atoms with Crippen molar-refractivity contribution in [1.29, 1.82) is 0 Å². The minimum Gasteiger partial charge on any atom is -0.493 e. The summed E-state index contributed by atoms with van der Waals surface area (Å²) in [6.07, 6.45) is -0.00572. The normalized spacial score (nSPS) is 10.9. The fourth-order valence-corrected chi connectivity index (χ4v) is 1.80. The number of nitrogens with one attached hydrogen (secondary N) is 1. The predicted molar refractivity (Wildman–Crippen MR) is 69.7 cm³/mol. The lowest BCUT2D eigenvalue weighted by Crippen LogP contribution is -2.10. The van der Waals surface area contributed by atoms with Crippen molar-refractivity contribution in [3.8, 4) is 11.5 Å².